The molecule has 0 spiro atoms. The van der Waals surface area contributed by atoms with E-state index in [9.17, 15) is 4.79 Å². The number of hydrogen-bond acceptors (Lipinski definition) is 6. The van der Waals surface area contributed by atoms with Crippen LogP contribution >= 0.6 is 11.3 Å². The van der Waals surface area contributed by atoms with Crippen molar-refractivity contribution in [1.29, 1.82) is 0 Å². The molecule has 2 heterocycles. The average molecular weight is 398 g/mol. The van der Waals surface area contributed by atoms with E-state index in [0.717, 1.165) is 28.4 Å². The molecule has 0 atom stereocenters. The summed E-state index contributed by atoms with van der Waals surface area (Å²) in [5.41, 5.74) is 1.68. The second-order valence-corrected chi connectivity index (χ2v) is 7.09. The first kappa shape index (κ1) is 19.7. The van der Waals surface area contributed by atoms with E-state index in [4.69, 9.17) is 9.47 Å². The number of aromatic nitrogens is 1. The third-order valence-electron chi connectivity index (χ3n) is 4.20. The van der Waals surface area contributed by atoms with E-state index >= 15 is 0 Å². The largest absolute Gasteiger partial charge is 0.493 e. The Hall–Kier alpha value is -3.06. The van der Waals surface area contributed by atoms with Crippen LogP contribution in [0.1, 0.15) is 20.8 Å². The van der Waals surface area contributed by atoms with Crippen molar-refractivity contribution in [3.63, 3.8) is 0 Å². The van der Waals surface area contributed by atoms with Gasteiger partial charge in [-0.1, -0.05) is 12.1 Å². The van der Waals surface area contributed by atoms with Crippen molar-refractivity contribution >= 4 is 23.1 Å². The van der Waals surface area contributed by atoms with E-state index < -0.39 is 0 Å². The monoisotopic (exact) mass is 397 g/mol. The van der Waals surface area contributed by atoms with E-state index in [1.54, 1.807) is 37.8 Å². The number of amides is 1. The molecule has 0 radical (unpaired) electrons. The van der Waals surface area contributed by atoms with Gasteiger partial charge in [0.25, 0.3) is 5.91 Å². The highest BCUT2D eigenvalue weighted by Gasteiger charge is 2.07. The molecule has 3 aromatic rings. The fourth-order valence-electron chi connectivity index (χ4n) is 2.69. The first-order chi connectivity index (χ1) is 13.7. The predicted octanol–water partition coefficient (Wildman–Crippen LogP) is 3.74. The zero-order valence-corrected chi connectivity index (χ0v) is 16.7. The van der Waals surface area contributed by atoms with Crippen LogP contribution in [0.25, 0.3) is 0 Å². The van der Waals surface area contributed by atoms with Crippen molar-refractivity contribution in [3.8, 4) is 11.5 Å². The number of anilines is 1. The summed E-state index contributed by atoms with van der Waals surface area (Å²) in [6.45, 7) is 1.24. The molecule has 0 unspecified atom stereocenters. The zero-order valence-electron chi connectivity index (χ0n) is 15.9. The van der Waals surface area contributed by atoms with Crippen LogP contribution in [0, 0.1) is 0 Å². The van der Waals surface area contributed by atoms with Crippen molar-refractivity contribution in [2.24, 2.45) is 0 Å². The summed E-state index contributed by atoms with van der Waals surface area (Å²) in [6, 6.07) is 13.4. The summed E-state index contributed by atoms with van der Waals surface area (Å²) >= 11 is 1.62. The fraction of sp³-hybridized carbons (Fsp3) is 0.238. The zero-order chi connectivity index (χ0) is 19.8. The number of hydrogen-bond donors (Lipinski definition) is 2. The van der Waals surface area contributed by atoms with Crippen molar-refractivity contribution < 1.29 is 14.3 Å². The third kappa shape index (κ3) is 5.23. The van der Waals surface area contributed by atoms with Gasteiger partial charge in [0.05, 0.1) is 26.3 Å². The number of nitrogens with one attached hydrogen (secondary N) is 2. The van der Waals surface area contributed by atoms with Crippen LogP contribution in [0.4, 0.5) is 5.82 Å². The maximum atomic E-state index is 12.2. The lowest BCUT2D eigenvalue weighted by Gasteiger charge is -2.10. The number of carbonyl (C=O) groups is 1. The number of rotatable bonds is 9. The molecule has 28 heavy (non-hydrogen) atoms. The number of thiophene rings is 1. The molecular formula is C21H23N3O3S. The SMILES string of the molecule is COc1ccc(CCNc2ccc(C(=O)NCc3cccs3)cn2)cc1OC. The number of ether oxygens (including phenoxy) is 2. The van der Waals surface area contributed by atoms with Crippen LogP contribution in [-0.2, 0) is 13.0 Å². The summed E-state index contributed by atoms with van der Waals surface area (Å²) in [5.74, 6) is 2.04. The molecule has 0 aliphatic rings. The Morgan fingerprint density at radius 1 is 1.11 bits per heavy atom. The van der Waals surface area contributed by atoms with E-state index in [0.29, 0.717) is 24.4 Å². The van der Waals surface area contributed by atoms with Gasteiger partial charge in [0, 0.05) is 17.6 Å². The average Bonchev–Trinajstić information content (AvgIpc) is 3.26. The van der Waals surface area contributed by atoms with Gasteiger partial charge in [0.1, 0.15) is 5.82 Å². The molecule has 2 aromatic heterocycles. The van der Waals surface area contributed by atoms with Crippen molar-refractivity contribution in [3.05, 3.63) is 70.0 Å². The lowest BCUT2D eigenvalue weighted by atomic mass is 10.1. The number of methoxy groups -OCH3 is 2. The smallest absolute Gasteiger partial charge is 0.253 e. The Kier molecular flexibility index (Phi) is 6.86. The number of benzene rings is 1. The highest BCUT2D eigenvalue weighted by Crippen LogP contribution is 2.27. The molecule has 0 saturated heterocycles. The third-order valence-corrected chi connectivity index (χ3v) is 5.07. The van der Waals surface area contributed by atoms with Crippen molar-refractivity contribution in [2.45, 2.75) is 13.0 Å². The first-order valence-corrected chi connectivity index (χ1v) is 9.79. The molecule has 0 fully saturated rings. The van der Waals surface area contributed by atoms with Gasteiger partial charge in [-0.15, -0.1) is 11.3 Å². The molecule has 6 nitrogen and oxygen atoms in total. The molecule has 1 aromatic carbocycles. The second kappa shape index (κ2) is 9.75. The van der Waals surface area contributed by atoms with Gasteiger partial charge in [-0.3, -0.25) is 4.79 Å². The predicted molar refractivity (Wildman–Crippen MR) is 111 cm³/mol. The normalized spacial score (nSPS) is 10.4. The molecule has 0 aliphatic carbocycles. The van der Waals surface area contributed by atoms with Gasteiger partial charge >= 0.3 is 0 Å². The summed E-state index contributed by atoms with van der Waals surface area (Å²) in [6.07, 6.45) is 2.40. The minimum absolute atomic E-state index is 0.127. The van der Waals surface area contributed by atoms with E-state index in [1.165, 1.54) is 0 Å². The maximum absolute atomic E-state index is 12.2. The molecular weight excluding hydrogens is 374 g/mol. The Balaban J connectivity index is 1.48. The summed E-state index contributed by atoms with van der Waals surface area (Å²) in [4.78, 5) is 17.6. The van der Waals surface area contributed by atoms with E-state index in [1.807, 2.05) is 41.8 Å². The Bertz CT molecular complexity index is 896. The van der Waals surface area contributed by atoms with Gasteiger partial charge in [0.2, 0.25) is 0 Å². The lowest BCUT2D eigenvalue weighted by Crippen LogP contribution is -2.22. The van der Waals surface area contributed by atoms with Crippen LogP contribution in [-0.4, -0.2) is 31.7 Å². The second-order valence-electron chi connectivity index (χ2n) is 6.06. The van der Waals surface area contributed by atoms with Crippen LogP contribution in [0.5, 0.6) is 11.5 Å². The topological polar surface area (TPSA) is 72.5 Å². The van der Waals surface area contributed by atoms with E-state index in [-0.39, 0.29) is 5.91 Å². The van der Waals surface area contributed by atoms with Crippen molar-refractivity contribution in [2.75, 3.05) is 26.1 Å². The van der Waals surface area contributed by atoms with Gasteiger partial charge in [-0.05, 0) is 47.7 Å². The molecule has 0 bridgehead atoms. The van der Waals surface area contributed by atoms with Crippen LogP contribution in [0.15, 0.2) is 54.0 Å². The highest BCUT2D eigenvalue weighted by atomic mass is 32.1. The molecule has 2 N–H and O–H groups in total. The van der Waals surface area contributed by atoms with Crippen LogP contribution in [0.2, 0.25) is 0 Å². The van der Waals surface area contributed by atoms with Crippen molar-refractivity contribution in [1.82, 2.24) is 10.3 Å². The van der Waals surface area contributed by atoms with Crippen LogP contribution in [0.3, 0.4) is 0 Å². The maximum Gasteiger partial charge on any atom is 0.253 e. The lowest BCUT2D eigenvalue weighted by molar-refractivity contribution is 0.0951. The summed E-state index contributed by atoms with van der Waals surface area (Å²) < 4.78 is 10.6. The van der Waals surface area contributed by atoms with Gasteiger partial charge in [-0.2, -0.15) is 0 Å². The van der Waals surface area contributed by atoms with Gasteiger partial charge < -0.3 is 20.1 Å². The highest BCUT2D eigenvalue weighted by molar-refractivity contribution is 7.09. The molecule has 1 amide bonds. The minimum atomic E-state index is -0.127. The number of carbonyl (C=O) groups excluding carboxylic acids is 1. The Morgan fingerprint density at radius 2 is 1.96 bits per heavy atom. The molecule has 0 aliphatic heterocycles. The first-order valence-electron chi connectivity index (χ1n) is 8.91. The number of pyridine rings is 1. The number of nitrogens with zero attached hydrogens (tertiary/aromatic N) is 1. The summed E-state index contributed by atoms with van der Waals surface area (Å²) in [5, 5.41) is 8.15. The fourth-order valence-corrected chi connectivity index (χ4v) is 3.33. The molecule has 7 heteroatoms. The summed E-state index contributed by atoms with van der Waals surface area (Å²) in [7, 11) is 3.25. The molecule has 146 valence electrons. The van der Waals surface area contributed by atoms with Gasteiger partial charge in [-0.25, -0.2) is 4.98 Å². The van der Waals surface area contributed by atoms with Crippen LogP contribution < -0.4 is 20.1 Å². The Morgan fingerprint density at radius 3 is 2.64 bits per heavy atom. The van der Waals surface area contributed by atoms with E-state index in [2.05, 4.69) is 15.6 Å². The minimum Gasteiger partial charge on any atom is -0.493 e. The molecule has 3 rings (SSSR count). The standard InChI is InChI=1S/C21H23N3O3S/c1-26-18-7-5-15(12-19(18)27-2)9-10-22-20-8-6-16(13-23-20)21(25)24-14-17-4-3-11-28-17/h3-8,11-13H,9-10,14H2,1-2H3,(H,22,23)(H,24,25). The van der Waals surface area contributed by atoms with Gasteiger partial charge in [0.15, 0.2) is 11.5 Å². The molecule has 0 saturated carbocycles. The quantitative estimate of drug-likeness (QED) is 0.575. The Labute approximate surface area is 168 Å².